The van der Waals surface area contributed by atoms with Gasteiger partial charge in [-0.2, -0.15) is 5.10 Å². The van der Waals surface area contributed by atoms with Gasteiger partial charge in [0.15, 0.2) is 5.84 Å². The highest BCUT2D eigenvalue weighted by atomic mass is 35.5. The smallest absolute Gasteiger partial charge is 0.271 e. The van der Waals surface area contributed by atoms with E-state index >= 15 is 0 Å². The van der Waals surface area contributed by atoms with Crippen molar-refractivity contribution in [3.05, 3.63) is 74.6 Å². The summed E-state index contributed by atoms with van der Waals surface area (Å²) in [6.45, 7) is 1.70. The zero-order chi connectivity index (χ0) is 22.0. The lowest BCUT2D eigenvalue weighted by Gasteiger charge is -2.05. The molecule has 31 heavy (non-hydrogen) atoms. The summed E-state index contributed by atoms with van der Waals surface area (Å²) in [5, 5.41) is 21.4. The van der Waals surface area contributed by atoms with Crippen LogP contribution in [0.1, 0.15) is 28.4 Å². The Kier molecular flexibility index (Phi) is 6.10. The number of halogens is 2. The Morgan fingerprint density at radius 2 is 1.87 bits per heavy atom. The Hall–Kier alpha value is -3.11. The molecular formula is C20H16Cl2N6O2S. The number of hydrazine groups is 2. The maximum absolute atomic E-state index is 12.4. The van der Waals surface area contributed by atoms with Crippen LogP contribution in [-0.2, 0) is 0 Å². The molecule has 8 nitrogen and oxygen atoms in total. The lowest BCUT2D eigenvalue weighted by Crippen LogP contribution is -2.35. The summed E-state index contributed by atoms with van der Waals surface area (Å²) in [5.74, 6) is 0.310. The molecule has 0 bridgehead atoms. The van der Waals surface area contributed by atoms with E-state index in [4.69, 9.17) is 23.2 Å². The second-order valence-electron chi connectivity index (χ2n) is 6.49. The van der Waals surface area contributed by atoms with Crippen LogP contribution < -0.4 is 21.9 Å². The van der Waals surface area contributed by atoms with Gasteiger partial charge in [-0.3, -0.25) is 10.2 Å². The summed E-state index contributed by atoms with van der Waals surface area (Å²) in [6.07, 6.45) is 0. The first-order chi connectivity index (χ1) is 14.9. The zero-order valence-corrected chi connectivity index (χ0v) is 18.4. The standard InChI is InChI=1S/C20H16Cl2N6O2S/c1-10(14-9-31-18(17(14)29)13-6-7-15(21)16(22)8-13)23-26-20(30)12-4-2-11(3-5-12)19-24-27-28-25-19/h2-9,27-29H,1H3,(H,24,25)(H,26,30)/b23-10+. The highest BCUT2D eigenvalue weighted by Crippen LogP contribution is 2.40. The minimum absolute atomic E-state index is 0.0651. The monoisotopic (exact) mass is 474 g/mol. The molecule has 0 fully saturated rings. The van der Waals surface area contributed by atoms with Gasteiger partial charge in [0.05, 0.1) is 26.2 Å². The highest BCUT2D eigenvalue weighted by Gasteiger charge is 2.16. The van der Waals surface area contributed by atoms with E-state index < -0.39 is 0 Å². The molecule has 0 saturated heterocycles. The summed E-state index contributed by atoms with van der Waals surface area (Å²) < 4.78 is 0. The number of nitrogens with zero attached hydrogens (tertiary/aromatic N) is 2. The van der Waals surface area contributed by atoms with Gasteiger partial charge in [-0.15, -0.1) is 22.0 Å². The average molecular weight is 475 g/mol. The number of carbonyl (C=O) groups is 1. The number of rotatable bonds is 5. The Morgan fingerprint density at radius 3 is 2.55 bits per heavy atom. The summed E-state index contributed by atoms with van der Waals surface area (Å²) in [7, 11) is 0. The highest BCUT2D eigenvalue weighted by molar-refractivity contribution is 7.14. The minimum Gasteiger partial charge on any atom is -0.506 e. The van der Waals surface area contributed by atoms with E-state index in [2.05, 4.69) is 32.1 Å². The van der Waals surface area contributed by atoms with Crippen molar-refractivity contribution < 1.29 is 9.90 Å². The molecule has 2 heterocycles. The maximum atomic E-state index is 12.4. The van der Waals surface area contributed by atoms with Crippen LogP contribution in [0.4, 0.5) is 0 Å². The molecule has 0 unspecified atom stereocenters. The van der Waals surface area contributed by atoms with E-state index in [0.29, 0.717) is 37.6 Å². The van der Waals surface area contributed by atoms with Crippen molar-refractivity contribution in [2.45, 2.75) is 6.92 Å². The molecule has 3 aromatic rings. The van der Waals surface area contributed by atoms with Crippen molar-refractivity contribution >= 4 is 52.0 Å². The molecule has 1 amide bonds. The van der Waals surface area contributed by atoms with Crippen LogP contribution in [0.25, 0.3) is 10.4 Å². The maximum Gasteiger partial charge on any atom is 0.271 e. The average Bonchev–Trinajstić information content (AvgIpc) is 3.44. The number of nitrogens with one attached hydrogen (secondary N) is 4. The first kappa shape index (κ1) is 21.1. The summed E-state index contributed by atoms with van der Waals surface area (Å²) in [4.78, 5) is 13.1. The number of thiophene rings is 1. The van der Waals surface area contributed by atoms with Crippen LogP contribution in [0, 0.1) is 0 Å². The van der Waals surface area contributed by atoms with Gasteiger partial charge < -0.3 is 5.11 Å². The normalized spacial score (nSPS) is 13.4. The van der Waals surface area contributed by atoms with E-state index in [1.165, 1.54) is 11.3 Å². The Bertz CT molecular complexity index is 1210. The quantitative estimate of drug-likeness (QED) is 0.285. The first-order valence-corrected chi connectivity index (χ1v) is 10.6. The predicted octanol–water partition coefficient (Wildman–Crippen LogP) is 3.86. The number of carbonyl (C=O) groups excluding carboxylic acids is 1. The number of hydrogen-bond donors (Lipinski definition) is 5. The zero-order valence-electron chi connectivity index (χ0n) is 16.0. The molecule has 0 spiro atoms. The number of benzene rings is 2. The van der Waals surface area contributed by atoms with Crippen LogP contribution in [0.2, 0.25) is 10.0 Å². The Balaban J connectivity index is 1.47. The number of amides is 1. The van der Waals surface area contributed by atoms with Crippen LogP contribution >= 0.6 is 34.5 Å². The van der Waals surface area contributed by atoms with Crippen molar-refractivity contribution in [1.29, 1.82) is 0 Å². The van der Waals surface area contributed by atoms with Crippen molar-refractivity contribution in [3.63, 3.8) is 0 Å². The lowest BCUT2D eigenvalue weighted by molar-refractivity contribution is 0.0955. The molecule has 1 aliphatic rings. The number of aromatic hydroxyl groups is 1. The summed E-state index contributed by atoms with van der Waals surface area (Å²) >= 11 is 13.4. The molecular weight excluding hydrogens is 459 g/mol. The topological polar surface area (TPSA) is 110 Å². The van der Waals surface area contributed by atoms with Crippen LogP contribution in [0.5, 0.6) is 5.75 Å². The van der Waals surface area contributed by atoms with Crippen molar-refractivity contribution in [2.24, 2.45) is 10.2 Å². The molecule has 1 aliphatic heterocycles. The lowest BCUT2D eigenvalue weighted by atomic mass is 10.1. The molecule has 11 heteroatoms. The van der Waals surface area contributed by atoms with E-state index in [1.807, 2.05) is 0 Å². The molecule has 0 radical (unpaired) electrons. The Morgan fingerprint density at radius 1 is 1.13 bits per heavy atom. The van der Waals surface area contributed by atoms with E-state index in [0.717, 1.165) is 11.1 Å². The Labute approximate surface area is 191 Å². The van der Waals surface area contributed by atoms with Crippen LogP contribution in [-0.4, -0.2) is 22.6 Å². The molecule has 158 valence electrons. The number of amidine groups is 1. The fraction of sp³-hybridized carbons (Fsp3) is 0.0500. The number of hydrazone groups is 2. The van der Waals surface area contributed by atoms with Gasteiger partial charge in [0, 0.05) is 16.5 Å². The van der Waals surface area contributed by atoms with Gasteiger partial charge in [0.1, 0.15) is 5.75 Å². The van der Waals surface area contributed by atoms with Crippen molar-refractivity contribution in [1.82, 2.24) is 21.9 Å². The molecule has 5 N–H and O–H groups in total. The number of hydrogen-bond acceptors (Lipinski definition) is 8. The summed E-state index contributed by atoms with van der Waals surface area (Å²) in [6, 6.07) is 12.0. The molecule has 0 aliphatic carbocycles. The second kappa shape index (κ2) is 8.94. The molecule has 0 saturated carbocycles. The van der Waals surface area contributed by atoms with Crippen LogP contribution in [0.3, 0.4) is 0 Å². The van der Waals surface area contributed by atoms with Gasteiger partial charge in [0.2, 0.25) is 0 Å². The van der Waals surface area contributed by atoms with E-state index in [1.54, 1.807) is 54.8 Å². The predicted molar refractivity (Wildman–Crippen MR) is 124 cm³/mol. The van der Waals surface area contributed by atoms with Gasteiger partial charge in [-0.25, -0.2) is 11.0 Å². The van der Waals surface area contributed by atoms with Crippen molar-refractivity contribution in [2.75, 3.05) is 0 Å². The molecule has 1 aromatic heterocycles. The van der Waals surface area contributed by atoms with Gasteiger partial charge >= 0.3 is 0 Å². The first-order valence-electron chi connectivity index (χ1n) is 8.99. The van der Waals surface area contributed by atoms with Gasteiger partial charge in [0.25, 0.3) is 5.91 Å². The third-order valence-electron chi connectivity index (χ3n) is 4.49. The third kappa shape index (κ3) is 4.49. The third-order valence-corrected chi connectivity index (χ3v) is 6.24. The largest absolute Gasteiger partial charge is 0.506 e. The fourth-order valence-electron chi connectivity index (χ4n) is 2.83. The minimum atomic E-state index is -0.372. The molecule has 0 atom stereocenters. The fourth-order valence-corrected chi connectivity index (χ4v) is 4.13. The van der Waals surface area contributed by atoms with E-state index in [9.17, 15) is 9.90 Å². The van der Waals surface area contributed by atoms with Crippen LogP contribution in [0.15, 0.2) is 58.0 Å². The molecule has 2 aromatic carbocycles. The van der Waals surface area contributed by atoms with E-state index in [-0.39, 0.29) is 11.7 Å². The SMILES string of the molecule is C/C(=N\NC(=O)c1ccc(C2=NNNN2)cc1)c1csc(-c2ccc(Cl)c(Cl)c2)c1O. The van der Waals surface area contributed by atoms with Crippen molar-refractivity contribution in [3.8, 4) is 16.2 Å². The second-order valence-corrected chi connectivity index (χ2v) is 8.19. The van der Waals surface area contributed by atoms with Gasteiger partial charge in [-0.05, 0) is 36.8 Å². The summed E-state index contributed by atoms with van der Waals surface area (Å²) in [5.41, 5.74) is 13.5. The van der Waals surface area contributed by atoms with Gasteiger partial charge in [-0.1, -0.05) is 41.4 Å². The molecule has 4 rings (SSSR count).